The third kappa shape index (κ3) is 2.09. The van der Waals surface area contributed by atoms with Crippen molar-refractivity contribution >= 4 is 28.5 Å². The molecule has 0 saturated heterocycles. The summed E-state index contributed by atoms with van der Waals surface area (Å²) in [6.45, 7) is 0. The van der Waals surface area contributed by atoms with E-state index in [0.29, 0.717) is 5.84 Å². The van der Waals surface area contributed by atoms with Crippen LogP contribution in [0.3, 0.4) is 0 Å². The number of rotatable bonds is 1. The van der Waals surface area contributed by atoms with Crippen molar-refractivity contribution in [3.8, 4) is 0 Å². The van der Waals surface area contributed by atoms with Crippen molar-refractivity contribution in [2.24, 2.45) is 15.7 Å². The highest BCUT2D eigenvalue weighted by Crippen LogP contribution is 2.18. The van der Waals surface area contributed by atoms with Gasteiger partial charge in [-0.3, -0.25) is 0 Å². The van der Waals surface area contributed by atoms with E-state index in [1.165, 1.54) is 0 Å². The van der Waals surface area contributed by atoms with Crippen LogP contribution in [0, 0.1) is 0 Å². The van der Waals surface area contributed by atoms with E-state index in [4.69, 9.17) is 5.73 Å². The van der Waals surface area contributed by atoms with Crippen LogP contribution >= 0.6 is 11.8 Å². The number of para-hydroxylation sites is 1. The number of hydrogen-bond donors (Lipinski definition) is 1. The van der Waals surface area contributed by atoms with Crippen molar-refractivity contribution in [1.82, 2.24) is 0 Å². The minimum Gasteiger partial charge on any atom is -0.386 e. The van der Waals surface area contributed by atoms with Gasteiger partial charge in [0.1, 0.15) is 5.84 Å². The van der Waals surface area contributed by atoms with Crippen molar-refractivity contribution in [1.29, 1.82) is 0 Å². The molecule has 2 N–H and O–H groups in total. The van der Waals surface area contributed by atoms with Crippen LogP contribution in [0.15, 0.2) is 40.3 Å². The fourth-order valence-electron chi connectivity index (χ4n) is 0.996. The van der Waals surface area contributed by atoms with Crippen LogP contribution in [0.1, 0.15) is 0 Å². The largest absolute Gasteiger partial charge is 0.386 e. The van der Waals surface area contributed by atoms with Gasteiger partial charge in [0.25, 0.3) is 0 Å². The average Bonchev–Trinajstić information content (AvgIpc) is 2.53. The lowest BCUT2D eigenvalue weighted by molar-refractivity contribution is 1.49. The third-order valence-electron chi connectivity index (χ3n) is 1.57. The maximum Gasteiger partial charge on any atom is 0.190 e. The molecule has 0 atom stereocenters. The molecule has 0 aromatic heterocycles. The summed E-state index contributed by atoms with van der Waals surface area (Å²) in [4.78, 5) is 8.41. The minimum atomic E-state index is 0.652. The SMILES string of the molecule is NC1=NC(=Nc2ccccc2)SC1. The minimum absolute atomic E-state index is 0.652. The summed E-state index contributed by atoms with van der Waals surface area (Å²) in [7, 11) is 0. The van der Waals surface area contributed by atoms with E-state index >= 15 is 0 Å². The Bertz CT molecular complexity index is 356. The van der Waals surface area contributed by atoms with Gasteiger partial charge >= 0.3 is 0 Å². The van der Waals surface area contributed by atoms with Crippen molar-refractivity contribution in [2.45, 2.75) is 0 Å². The Balaban J connectivity index is 2.22. The Hall–Kier alpha value is -1.29. The van der Waals surface area contributed by atoms with Crippen LogP contribution in [-0.2, 0) is 0 Å². The van der Waals surface area contributed by atoms with Gasteiger partial charge in [0.15, 0.2) is 5.17 Å². The molecule has 0 radical (unpaired) electrons. The maximum atomic E-state index is 5.53. The molecule has 3 nitrogen and oxygen atoms in total. The lowest BCUT2D eigenvalue weighted by atomic mass is 10.3. The molecule has 1 heterocycles. The number of amidine groups is 2. The summed E-state index contributed by atoms with van der Waals surface area (Å²) >= 11 is 1.57. The molecular weight excluding hydrogens is 182 g/mol. The summed E-state index contributed by atoms with van der Waals surface area (Å²) in [5.74, 6) is 1.41. The number of nitrogens with two attached hydrogens (primary N) is 1. The molecule has 1 aromatic carbocycles. The third-order valence-corrected chi connectivity index (χ3v) is 2.45. The van der Waals surface area contributed by atoms with E-state index in [1.54, 1.807) is 11.8 Å². The molecule has 0 aliphatic carbocycles. The van der Waals surface area contributed by atoms with E-state index in [2.05, 4.69) is 9.98 Å². The summed E-state index contributed by atoms with van der Waals surface area (Å²) in [5.41, 5.74) is 6.45. The monoisotopic (exact) mass is 191 g/mol. The molecule has 0 amide bonds. The van der Waals surface area contributed by atoms with Gasteiger partial charge in [-0.1, -0.05) is 30.0 Å². The van der Waals surface area contributed by atoms with E-state index in [9.17, 15) is 0 Å². The van der Waals surface area contributed by atoms with Crippen molar-refractivity contribution in [3.63, 3.8) is 0 Å². The normalized spacial score (nSPS) is 19.1. The molecule has 1 aromatic rings. The van der Waals surface area contributed by atoms with Crippen LogP contribution in [-0.4, -0.2) is 16.8 Å². The molecular formula is C9H9N3S. The van der Waals surface area contributed by atoms with Gasteiger partial charge in [-0.15, -0.1) is 0 Å². The highest BCUT2D eigenvalue weighted by atomic mass is 32.2. The van der Waals surface area contributed by atoms with Gasteiger partial charge < -0.3 is 5.73 Å². The predicted octanol–water partition coefficient (Wildman–Crippen LogP) is 1.78. The Labute approximate surface area is 80.8 Å². The van der Waals surface area contributed by atoms with Gasteiger partial charge in [0.05, 0.1) is 11.4 Å². The first kappa shape index (κ1) is 8.31. The smallest absolute Gasteiger partial charge is 0.190 e. The second-order valence-corrected chi connectivity index (χ2v) is 3.56. The fraction of sp³-hybridized carbons (Fsp3) is 0.111. The zero-order valence-electron chi connectivity index (χ0n) is 6.97. The van der Waals surface area contributed by atoms with E-state index in [1.807, 2.05) is 30.3 Å². The summed E-state index contributed by atoms with van der Waals surface area (Å²) in [6.07, 6.45) is 0. The number of thioether (sulfide) groups is 1. The molecule has 1 aliphatic rings. The van der Waals surface area contributed by atoms with Crippen LogP contribution in [0.4, 0.5) is 5.69 Å². The molecule has 0 fully saturated rings. The van der Waals surface area contributed by atoms with E-state index in [0.717, 1.165) is 16.6 Å². The second-order valence-electron chi connectivity index (χ2n) is 2.62. The Morgan fingerprint density at radius 1 is 1.31 bits per heavy atom. The average molecular weight is 191 g/mol. The molecule has 66 valence electrons. The summed E-state index contributed by atoms with van der Waals surface area (Å²) in [6, 6.07) is 9.75. The second kappa shape index (κ2) is 3.62. The maximum absolute atomic E-state index is 5.53. The topological polar surface area (TPSA) is 50.7 Å². The zero-order valence-corrected chi connectivity index (χ0v) is 7.79. The molecule has 0 unspecified atom stereocenters. The van der Waals surface area contributed by atoms with Crippen molar-refractivity contribution < 1.29 is 0 Å². The molecule has 4 heteroatoms. The Kier molecular flexibility index (Phi) is 2.31. The standard InChI is InChI=1S/C9H9N3S/c10-8-6-13-9(12-8)11-7-4-2-1-3-5-7/h1-5H,6H2,(H2,10,11,12). The van der Waals surface area contributed by atoms with Gasteiger partial charge in [-0.2, -0.15) is 0 Å². The number of hydrogen-bond acceptors (Lipinski definition) is 3. The highest BCUT2D eigenvalue weighted by molar-refractivity contribution is 8.14. The Morgan fingerprint density at radius 2 is 2.08 bits per heavy atom. The molecule has 2 rings (SSSR count). The number of aliphatic imine (C=N–C) groups is 2. The zero-order chi connectivity index (χ0) is 9.10. The highest BCUT2D eigenvalue weighted by Gasteiger charge is 2.09. The predicted molar refractivity (Wildman–Crippen MR) is 57.6 cm³/mol. The van der Waals surface area contributed by atoms with Crippen molar-refractivity contribution in [3.05, 3.63) is 30.3 Å². The van der Waals surface area contributed by atoms with Crippen LogP contribution < -0.4 is 5.73 Å². The van der Waals surface area contributed by atoms with Crippen LogP contribution in [0.2, 0.25) is 0 Å². The van der Waals surface area contributed by atoms with Gasteiger partial charge in [0, 0.05) is 0 Å². The quantitative estimate of drug-likeness (QED) is 0.735. The first-order chi connectivity index (χ1) is 6.34. The van der Waals surface area contributed by atoms with Crippen LogP contribution in [0.5, 0.6) is 0 Å². The van der Waals surface area contributed by atoms with Crippen molar-refractivity contribution in [2.75, 3.05) is 5.75 Å². The fourth-order valence-corrected chi connectivity index (χ4v) is 1.69. The first-order valence-electron chi connectivity index (χ1n) is 3.94. The first-order valence-corrected chi connectivity index (χ1v) is 4.93. The molecule has 1 aliphatic heterocycles. The number of nitrogens with zero attached hydrogens (tertiary/aromatic N) is 2. The molecule has 13 heavy (non-hydrogen) atoms. The molecule has 0 spiro atoms. The van der Waals surface area contributed by atoms with E-state index < -0.39 is 0 Å². The van der Waals surface area contributed by atoms with Gasteiger partial charge in [0.2, 0.25) is 0 Å². The lowest BCUT2D eigenvalue weighted by Gasteiger charge is -1.92. The summed E-state index contributed by atoms with van der Waals surface area (Å²) in [5, 5.41) is 0.753. The van der Waals surface area contributed by atoms with Crippen LogP contribution in [0.25, 0.3) is 0 Å². The number of benzene rings is 1. The molecule has 0 bridgehead atoms. The molecule has 0 saturated carbocycles. The lowest BCUT2D eigenvalue weighted by Crippen LogP contribution is -2.09. The summed E-state index contributed by atoms with van der Waals surface area (Å²) < 4.78 is 0. The van der Waals surface area contributed by atoms with Gasteiger partial charge in [-0.05, 0) is 12.1 Å². The van der Waals surface area contributed by atoms with E-state index in [-0.39, 0.29) is 0 Å². The Morgan fingerprint density at radius 3 is 2.69 bits per heavy atom. The van der Waals surface area contributed by atoms with Gasteiger partial charge in [-0.25, -0.2) is 9.98 Å².